The lowest BCUT2D eigenvalue weighted by Crippen LogP contribution is -2.47. The van der Waals surface area contributed by atoms with Gasteiger partial charge in [0.2, 0.25) is 11.8 Å². The summed E-state index contributed by atoms with van der Waals surface area (Å²) in [5.41, 5.74) is 0.331. The Bertz CT molecular complexity index is 689. The van der Waals surface area contributed by atoms with E-state index in [-0.39, 0.29) is 24.2 Å². The van der Waals surface area contributed by atoms with Gasteiger partial charge in [0.15, 0.2) is 0 Å². The van der Waals surface area contributed by atoms with E-state index in [0.717, 1.165) is 10.0 Å². The molecule has 0 radical (unpaired) electrons. The summed E-state index contributed by atoms with van der Waals surface area (Å²) in [4.78, 5) is 38.1. The van der Waals surface area contributed by atoms with Gasteiger partial charge in [-0.15, -0.1) is 0 Å². The molecule has 0 aliphatic carbocycles. The minimum atomic E-state index is -0.964. The highest BCUT2D eigenvalue weighted by Gasteiger charge is 2.33. The van der Waals surface area contributed by atoms with Gasteiger partial charge in [-0.25, -0.2) is 0 Å². The van der Waals surface area contributed by atoms with E-state index in [1.807, 2.05) is 49.9 Å². The average Bonchev–Trinajstić information content (AvgIpc) is 2.60. The van der Waals surface area contributed by atoms with Gasteiger partial charge >= 0.3 is 5.97 Å². The second kappa shape index (κ2) is 8.87. The van der Waals surface area contributed by atoms with Crippen molar-refractivity contribution in [3.8, 4) is 0 Å². The Labute approximate surface area is 168 Å². The molecule has 1 fully saturated rings. The van der Waals surface area contributed by atoms with Crippen LogP contribution >= 0.6 is 15.9 Å². The second-order valence-corrected chi connectivity index (χ2v) is 8.94. The molecule has 148 valence electrons. The highest BCUT2D eigenvalue weighted by atomic mass is 79.9. The molecule has 2 amide bonds. The van der Waals surface area contributed by atoms with Crippen molar-refractivity contribution in [3.05, 3.63) is 34.3 Å². The number of halogens is 1. The van der Waals surface area contributed by atoms with Crippen LogP contribution in [0.4, 0.5) is 0 Å². The Hall–Kier alpha value is -1.89. The van der Waals surface area contributed by atoms with Gasteiger partial charge in [0.05, 0.1) is 12.5 Å². The first kappa shape index (κ1) is 21.4. The molecule has 1 saturated heterocycles. The van der Waals surface area contributed by atoms with E-state index in [4.69, 9.17) is 0 Å². The SMILES string of the molecule is CC(C)(C)C(=O)N1CCC(C(=O)N[C@@H](CC(=O)O)c2ccc(Br)cc2)CC1. The van der Waals surface area contributed by atoms with E-state index < -0.39 is 17.4 Å². The van der Waals surface area contributed by atoms with Crippen LogP contribution in [0.5, 0.6) is 0 Å². The molecule has 6 nitrogen and oxygen atoms in total. The quantitative estimate of drug-likeness (QED) is 0.737. The van der Waals surface area contributed by atoms with Gasteiger partial charge in [-0.3, -0.25) is 14.4 Å². The Balaban J connectivity index is 1.99. The van der Waals surface area contributed by atoms with Crippen LogP contribution in [0.1, 0.15) is 51.6 Å². The molecule has 1 heterocycles. The van der Waals surface area contributed by atoms with Gasteiger partial charge in [-0.1, -0.05) is 48.8 Å². The highest BCUT2D eigenvalue weighted by Crippen LogP contribution is 2.25. The zero-order chi connectivity index (χ0) is 20.2. The lowest BCUT2D eigenvalue weighted by molar-refractivity contribution is -0.143. The van der Waals surface area contributed by atoms with Crippen molar-refractivity contribution < 1.29 is 19.5 Å². The number of hydrogen-bond donors (Lipinski definition) is 2. The number of carboxylic acids is 1. The van der Waals surface area contributed by atoms with E-state index in [1.165, 1.54) is 0 Å². The number of piperidine rings is 1. The fourth-order valence-electron chi connectivity index (χ4n) is 3.23. The van der Waals surface area contributed by atoms with Crippen LogP contribution in [0, 0.1) is 11.3 Å². The summed E-state index contributed by atoms with van der Waals surface area (Å²) in [6, 6.07) is 6.70. The lowest BCUT2D eigenvalue weighted by atomic mass is 9.90. The first-order valence-electron chi connectivity index (χ1n) is 9.15. The zero-order valence-electron chi connectivity index (χ0n) is 16.0. The molecule has 0 unspecified atom stereocenters. The zero-order valence-corrected chi connectivity index (χ0v) is 17.6. The first-order chi connectivity index (χ1) is 12.6. The second-order valence-electron chi connectivity index (χ2n) is 8.03. The monoisotopic (exact) mass is 438 g/mol. The minimum Gasteiger partial charge on any atom is -0.481 e. The number of likely N-dealkylation sites (tertiary alicyclic amines) is 1. The normalized spacial score (nSPS) is 16.7. The fourth-order valence-corrected chi connectivity index (χ4v) is 3.49. The lowest BCUT2D eigenvalue weighted by Gasteiger charge is -2.35. The number of carboxylic acid groups (broad SMARTS) is 1. The maximum Gasteiger partial charge on any atom is 0.305 e. The standard InChI is InChI=1S/C20H27BrN2O4/c1-20(2,3)19(27)23-10-8-14(9-11-23)18(26)22-16(12-17(24)25)13-4-6-15(21)7-5-13/h4-7,14,16H,8-12H2,1-3H3,(H,22,26)(H,24,25)/t16-/m0/s1. The molecule has 1 aromatic rings. The smallest absolute Gasteiger partial charge is 0.305 e. The molecule has 2 rings (SSSR count). The van der Waals surface area contributed by atoms with Crippen molar-refractivity contribution in [2.75, 3.05) is 13.1 Å². The Morgan fingerprint density at radius 1 is 1.19 bits per heavy atom. The summed E-state index contributed by atoms with van der Waals surface area (Å²) >= 11 is 3.35. The van der Waals surface area contributed by atoms with Crippen LogP contribution in [-0.2, 0) is 14.4 Å². The van der Waals surface area contributed by atoms with E-state index >= 15 is 0 Å². The molecule has 0 saturated carbocycles. The summed E-state index contributed by atoms with van der Waals surface area (Å²) in [5, 5.41) is 12.1. The molecule has 0 bridgehead atoms. The minimum absolute atomic E-state index is 0.0972. The van der Waals surface area contributed by atoms with E-state index in [0.29, 0.717) is 25.9 Å². The molecule has 27 heavy (non-hydrogen) atoms. The molecule has 1 aliphatic rings. The average molecular weight is 439 g/mol. The Kier molecular flexibility index (Phi) is 7.03. The van der Waals surface area contributed by atoms with Crippen molar-refractivity contribution in [1.82, 2.24) is 10.2 Å². The number of nitrogens with zero attached hydrogens (tertiary/aromatic N) is 1. The predicted octanol–water partition coefficient (Wildman–Crippen LogP) is 3.37. The number of rotatable bonds is 5. The van der Waals surface area contributed by atoms with Crippen LogP contribution in [0.25, 0.3) is 0 Å². The number of carbonyl (C=O) groups excluding carboxylic acids is 2. The van der Waals surface area contributed by atoms with Gasteiger partial charge < -0.3 is 15.3 Å². The number of benzene rings is 1. The van der Waals surface area contributed by atoms with Crippen LogP contribution in [0.15, 0.2) is 28.7 Å². The van der Waals surface area contributed by atoms with Crippen LogP contribution in [0.3, 0.4) is 0 Å². The van der Waals surface area contributed by atoms with Crippen LogP contribution in [-0.4, -0.2) is 40.9 Å². The number of aliphatic carboxylic acids is 1. The van der Waals surface area contributed by atoms with Gasteiger partial charge in [0.25, 0.3) is 0 Å². The Morgan fingerprint density at radius 2 is 1.74 bits per heavy atom. The highest BCUT2D eigenvalue weighted by molar-refractivity contribution is 9.10. The first-order valence-corrected chi connectivity index (χ1v) is 9.94. The van der Waals surface area contributed by atoms with Crippen LogP contribution < -0.4 is 5.32 Å². The Morgan fingerprint density at radius 3 is 2.22 bits per heavy atom. The summed E-state index contributed by atoms with van der Waals surface area (Å²) < 4.78 is 0.891. The largest absolute Gasteiger partial charge is 0.481 e. The predicted molar refractivity (Wildman–Crippen MR) is 106 cm³/mol. The number of hydrogen-bond acceptors (Lipinski definition) is 3. The topological polar surface area (TPSA) is 86.7 Å². The molecule has 0 aromatic heterocycles. The molecule has 7 heteroatoms. The number of nitrogens with one attached hydrogen (secondary N) is 1. The van der Waals surface area contributed by atoms with Crippen molar-refractivity contribution in [3.63, 3.8) is 0 Å². The summed E-state index contributed by atoms with van der Waals surface area (Å²) in [6.07, 6.45) is 1.01. The maximum absolute atomic E-state index is 12.7. The van der Waals surface area contributed by atoms with Crippen molar-refractivity contribution in [1.29, 1.82) is 0 Å². The summed E-state index contributed by atoms with van der Waals surface area (Å²) in [7, 11) is 0. The van der Waals surface area contributed by atoms with Crippen LogP contribution in [0.2, 0.25) is 0 Å². The van der Waals surface area contributed by atoms with Gasteiger partial charge in [0.1, 0.15) is 0 Å². The third-order valence-electron chi connectivity index (χ3n) is 4.76. The van der Waals surface area contributed by atoms with Gasteiger partial charge in [0, 0.05) is 28.9 Å². The third kappa shape index (κ3) is 6.06. The van der Waals surface area contributed by atoms with Crippen molar-refractivity contribution in [2.24, 2.45) is 11.3 Å². The summed E-state index contributed by atoms with van der Waals surface area (Å²) in [5.74, 6) is -1.22. The molecule has 1 atom stereocenters. The van der Waals surface area contributed by atoms with E-state index in [9.17, 15) is 19.5 Å². The van der Waals surface area contributed by atoms with Crippen molar-refractivity contribution in [2.45, 2.75) is 46.1 Å². The molecular formula is C20H27BrN2O4. The van der Waals surface area contributed by atoms with E-state index in [2.05, 4.69) is 21.2 Å². The van der Waals surface area contributed by atoms with Crippen molar-refractivity contribution >= 4 is 33.7 Å². The molecular weight excluding hydrogens is 412 g/mol. The van der Waals surface area contributed by atoms with Gasteiger partial charge in [-0.2, -0.15) is 0 Å². The molecule has 1 aliphatic heterocycles. The maximum atomic E-state index is 12.7. The van der Waals surface area contributed by atoms with Gasteiger partial charge in [-0.05, 0) is 30.5 Å². The fraction of sp³-hybridized carbons (Fsp3) is 0.550. The molecule has 1 aromatic carbocycles. The number of amides is 2. The molecule has 2 N–H and O–H groups in total. The summed E-state index contributed by atoms with van der Waals surface area (Å²) in [6.45, 7) is 6.78. The van der Waals surface area contributed by atoms with E-state index in [1.54, 1.807) is 0 Å². The number of carbonyl (C=O) groups is 3. The molecule has 0 spiro atoms. The third-order valence-corrected chi connectivity index (χ3v) is 5.29.